The zero-order chi connectivity index (χ0) is 18.2. The predicted molar refractivity (Wildman–Crippen MR) is 94.0 cm³/mol. The molecule has 4 nitrogen and oxygen atoms in total. The average Bonchev–Trinajstić information content (AvgIpc) is 2.54. The van der Waals surface area contributed by atoms with Gasteiger partial charge in [-0.1, -0.05) is 34.1 Å². The van der Waals surface area contributed by atoms with E-state index in [1.54, 1.807) is 12.3 Å². The number of hydrogen-bond donors (Lipinski definition) is 2. The molecule has 0 spiro atoms. The Kier molecular flexibility index (Phi) is 4.66. The molecule has 0 amide bonds. The minimum Gasteiger partial charge on any atom is -0.349 e. The van der Waals surface area contributed by atoms with E-state index in [1.165, 1.54) is 13.0 Å². The second-order valence-electron chi connectivity index (χ2n) is 5.56. The third kappa shape index (κ3) is 3.59. The number of nitrogens with two attached hydrogens (primary N) is 1. The summed E-state index contributed by atoms with van der Waals surface area (Å²) in [6.07, 6.45) is -3.68. The molecule has 130 valence electrons. The van der Waals surface area contributed by atoms with Gasteiger partial charge < -0.3 is 11.1 Å². The molecule has 0 saturated carbocycles. The maximum atomic E-state index is 13.1. The summed E-state index contributed by atoms with van der Waals surface area (Å²) in [4.78, 5) is 0. The largest absolute Gasteiger partial charge is 0.416 e. The molecule has 3 N–H and O–H groups in total. The van der Waals surface area contributed by atoms with Crippen LogP contribution >= 0.6 is 15.9 Å². The molecule has 0 unspecified atom stereocenters. The Hall–Kier alpha value is -2.19. The van der Waals surface area contributed by atoms with Gasteiger partial charge in [0.1, 0.15) is 6.17 Å². The van der Waals surface area contributed by atoms with Crippen molar-refractivity contribution >= 4 is 32.5 Å². The Morgan fingerprint density at radius 1 is 1.20 bits per heavy atom. The molecule has 0 aliphatic rings. The first-order chi connectivity index (χ1) is 11.8. The van der Waals surface area contributed by atoms with Gasteiger partial charge in [0.25, 0.3) is 0 Å². The highest BCUT2D eigenvalue weighted by Crippen LogP contribution is 2.34. The van der Waals surface area contributed by atoms with Crippen LogP contribution in [0, 0.1) is 6.92 Å². The van der Waals surface area contributed by atoms with Gasteiger partial charge in [0.2, 0.25) is 0 Å². The predicted octanol–water partition coefficient (Wildman–Crippen LogP) is 4.79. The summed E-state index contributed by atoms with van der Waals surface area (Å²) in [7, 11) is 0. The Bertz CT molecular complexity index is 927. The quantitative estimate of drug-likeness (QED) is 0.609. The lowest BCUT2D eigenvalue weighted by molar-refractivity contribution is -0.138. The zero-order valence-electron chi connectivity index (χ0n) is 13.1. The minimum absolute atomic E-state index is 0.0874. The Labute approximate surface area is 150 Å². The molecule has 0 fully saturated rings. The van der Waals surface area contributed by atoms with E-state index in [-0.39, 0.29) is 5.56 Å². The van der Waals surface area contributed by atoms with Crippen LogP contribution in [-0.2, 0) is 6.18 Å². The van der Waals surface area contributed by atoms with Crippen LogP contribution in [0.1, 0.15) is 22.9 Å². The molecule has 0 aliphatic carbocycles. The normalized spacial score (nSPS) is 13.0. The van der Waals surface area contributed by atoms with E-state index in [9.17, 15) is 13.2 Å². The third-order valence-corrected chi connectivity index (χ3v) is 4.43. The summed E-state index contributed by atoms with van der Waals surface area (Å²) in [6.45, 7) is 1.41. The van der Waals surface area contributed by atoms with E-state index in [1.807, 2.05) is 18.2 Å². The first-order valence-corrected chi connectivity index (χ1v) is 8.16. The fourth-order valence-corrected chi connectivity index (χ4v) is 3.04. The number of anilines is 1. The Balaban J connectivity index is 1.99. The third-order valence-electron chi connectivity index (χ3n) is 3.93. The first-order valence-electron chi connectivity index (χ1n) is 7.37. The van der Waals surface area contributed by atoms with Crippen LogP contribution in [0.15, 0.2) is 47.1 Å². The maximum absolute atomic E-state index is 13.1. The second kappa shape index (κ2) is 6.61. The van der Waals surface area contributed by atoms with Crippen LogP contribution in [0.4, 0.5) is 19.0 Å². The van der Waals surface area contributed by atoms with E-state index in [2.05, 4.69) is 31.4 Å². The summed E-state index contributed by atoms with van der Waals surface area (Å²) in [5.41, 5.74) is 5.85. The molecular formula is C17H14BrF3N4. The number of benzene rings is 2. The number of aromatic nitrogens is 2. The molecule has 1 aromatic heterocycles. The van der Waals surface area contributed by atoms with Crippen molar-refractivity contribution in [2.45, 2.75) is 19.3 Å². The maximum Gasteiger partial charge on any atom is 0.416 e. The van der Waals surface area contributed by atoms with Crippen molar-refractivity contribution in [3.63, 3.8) is 0 Å². The van der Waals surface area contributed by atoms with Crippen LogP contribution < -0.4 is 11.1 Å². The van der Waals surface area contributed by atoms with Crippen LogP contribution in [0.5, 0.6) is 0 Å². The fraction of sp³-hybridized carbons (Fsp3) is 0.176. The van der Waals surface area contributed by atoms with Crippen molar-refractivity contribution in [2.24, 2.45) is 5.73 Å². The number of rotatable bonds is 3. The lowest BCUT2D eigenvalue weighted by Crippen LogP contribution is -2.23. The van der Waals surface area contributed by atoms with Gasteiger partial charge in [0, 0.05) is 15.2 Å². The molecule has 0 radical (unpaired) electrons. The summed E-state index contributed by atoms with van der Waals surface area (Å²) in [5.74, 6) is 0.406. The van der Waals surface area contributed by atoms with Crippen molar-refractivity contribution in [1.82, 2.24) is 10.2 Å². The topological polar surface area (TPSA) is 63.8 Å². The van der Waals surface area contributed by atoms with Gasteiger partial charge in [0.15, 0.2) is 5.82 Å². The smallest absolute Gasteiger partial charge is 0.349 e. The van der Waals surface area contributed by atoms with Gasteiger partial charge in [-0.05, 0) is 36.2 Å². The van der Waals surface area contributed by atoms with E-state index >= 15 is 0 Å². The molecule has 8 heteroatoms. The van der Waals surface area contributed by atoms with E-state index in [0.29, 0.717) is 11.4 Å². The van der Waals surface area contributed by atoms with Crippen LogP contribution in [0.25, 0.3) is 10.8 Å². The molecule has 1 heterocycles. The first kappa shape index (κ1) is 17.6. The number of nitrogens with zero attached hydrogens (tertiary/aromatic N) is 2. The van der Waals surface area contributed by atoms with Crippen molar-refractivity contribution in [3.05, 3.63) is 63.8 Å². The highest BCUT2D eigenvalue weighted by molar-refractivity contribution is 9.10. The minimum atomic E-state index is -4.43. The highest BCUT2D eigenvalue weighted by Gasteiger charge is 2.33. The SMILES string of the molecule is Cc1c([C@@H](N)Nc2nncc3ccc(Br)cc23)cccc1C(F)(F)F. The molecule has 0 aliphatic heterocycles. The number of halogens is 4. The fourth-order valence-electron chi connectivity index (χ4n) is 2.68. The molecule has 0 saturated heterocycles. The lowest BCUT2D eigenvalue weighted by atomic mass is 10.00. The molecule has 0 bridgehead atoms. The van der Waals surface area contributed by atoms with Crippen molar-refractivity contribution in [3.8, 4) is 0 Å². The summed E-state index contributed by atoms with van der Waals surface area (Å²) in [6, 6.07) is 9.53. The number of fused-ring (bicyclic) bond motifs is 1. The van der Waals surface area contributed by atoms with Crippen LogP contribution in [0.2, 0.25) is 0 Å². The highest BCUT2D eigenvalue weighted by atomic mass is 79.9. The van der Waals surface area contributed by atoms with E-state index in [4.69, 9.17) is 5.73 Å². The lowest BCUT2D eigenvalue weighted by Gasteiger charge is -2.20. The van der Waals surface area contributed by atoms with Crippen LogP contribution in [0.3, 0.4) is 0 Å². The van der Waals surface area contributed by atoms with Gasteiger partial charge in [-0.3, -0.25) is 0 Å². The number of alkyl halides is 3. The van der Waals surface area contributed by atoms with Gasteiger partial charge in [-0.2, -0.15) is 18.3 Å². The van der Waals surface area contributed by atoms with Crippen molar-refractivity contribution < 1.29 is 13.2 Å². The molecule has 3 aromatic rings. The Morgan fingerprint density at radius 3 is 2.68 bits per heavy atom. The van der Waals surface area contributed by atoms with Gasteiger partial charge in [0.05, 0.1) is 11.8 Å². The standard InChI is InChI=1S/C17H14BrF3N4/c1-9-12(3-2-4-14(9)17(19,20)21)15(22)24-16-13-7-11(18)6-5-10(13)8-23-25-16/h2-8,15H,22H2,1H3,(H,24,25)/t15-/m0/s1. The average molecular weight is 411 g/mol. The number of nitrogens with one attached hydrogen (secondary N) is 1. The summed E-state index contributed by atoms with van der Waals surface area (Å²) >= 11 is 3.39. The molecular weight excluding hydrogens is 397 g/mol. The van der Waals surface area contributed by atoms with Gasteiger partial charge >= 0.3 is 6.18 Å². The zero-order valence-corrected chi connectivity index (χ0v) is 14.7. The van der Waals surface area contributed by atoms with Crippen molar-refractivity contribution in [2.75, 3.05) is 5.32 Å². The summed E-state index contributed by atoms with van der Waals surface area (Å²) in [5, 5.41) is 12.5. The molecule has 2 aromatic carbocycles. The van der Waals surface area contributed by atoms with E-state index in [0.717, 1.165) is 21.3 Å². The molecule has 1 atom stereocenters. The van der Waals surface area contributed by atoms with Gasteiger partial charge in [-0.25, -0.2) is 0 Å². The second-order valence-corrected chi connectivity index (χ2v) is 6.48. The molecule has 3 rings (SSSR count). The monoisotopic (exact) mass is 410 g/mol. The van der Waals surface area contributed by atoms with Crippen LogP contribution in [-0.4, -0.2) is 10.2 Å². The van der Waals surface area contributed by atoms with Gasteiger partial charge in [-0.15, -0.1) is 5.10 Å². The van der Waals surface area contributed by atoms with Crippen molar-refractivity contribution in [1.29, 1.82) is 0 Å². The summed E-state index contributed by atoms with van der Waals surface area (Å²) < 4.78 is 40.1. The van der Waals surface area contributed by atoms with E-state index < -0.39 is 17.9 Å². The number of hydrogen-bond acceptors (Lipinski definition) is 4. The molecule has 25 heavy (non-hydrogen) atoms. The Morgan fingerprint density at radius 2 is 1.96 bits per heavy atom.